The third kappa shape index (κ3) is 7.32. The molecule has 1 aliphatic rings. The number of aromatic nitrogens is 1. The van der Waals surface area contributed by atoms with E-state index in [2.05, 4.69) is 35.9 Å². The minimum Gasteiger partial charge on any atom is -0.382 e. The molecule has 1 aliphatic heterocycles. The molecule has 0 saturated carbocycles. The van der Waals surface area contributed by atoms with Crippen LogP contribution in [0.3, 0.4) is 0 Å². The van der Waals surface area contributed by atoms with E-state index < -0.39 is 24.0 Å². The number of thiazole rings is 1. The van der Waals surface area contributed by atoms with E-state index in [0.29, 0.717) is 19.5 Å². The highest BCUT2D eigenvalue weighted by Gasteiger charge is 2.39. The molecule has 6 N–H and O–H groups in total. The van der Waals surface area contributed by atoms with Crippen LogP contribution >= 0.6 is 11.3 Å². The van der Waals surface area contributed by atoms with Crippen molar-refractivity contribution in [3.05, 3.63) is 88.6 Å². The largest absolute Gasteiger partial charge is 0.382 e. The number of rotatable bonds is 11. The van der Waals surface area contributed by atoms with Gasteiger partial charge in [0, 0.05) is 30.2 Å². The molecule has 0 aliphatic carbocycles. The molecule has 9 nitrogen and oxygen atoms in total. The van der Waals surface area contributed by atoms with Crippen LogP contribution in [-0.4, -0.2) is 52.0 Å². The molecular formula is C31H40N6O3S. The first-order valence-corrected chi connectivity index (χ1v) is 14.9. The van der Waals surface area contributed by atoms with Crippen LogP contribution in [0, 0.1) is 5.92 Å². The number of anilines is 2. The Morgan fingerprint density at radius 2 is 1.88 bits per heavy atom. The second-order valence-corrected chi connectivity index (χ2v) is 11.5. The quantitative estimate of drug-likeness (QED) is 0.231. The fourth-order valence-electron chi connectivity index (χ4n) is 4.94. The fraction of sp³-hybridized carbons (Fsp3) is 0.387. The lowest BCUT2D eigenvalue weighted by atomic mass is 9.89. The molecule has 3 aromatic rings. The van der Waals surface area contributed by atoms with Crippen LogP contribution in [-0.2, 0) is 16.0 Å². The van der Waals surface area contributed by atoms with Crippen molar-refractivity contribution in [2.45, 2.75) is 58.3 Å². The van der Waals surface area contributed by atoms with E-state index in [0.717, 1.165) is 27.6 Å². The van der Waals surface area contributed by atoms with Gasteiger partial charge in [0.1, 0.15) is 12.1 Å². The molecule has 2 aromatic carbocycles. The van der Waals surface area contributed by atoms with Crippen LogP contribution in [0.1, 0.15) is 62.2 Å². The number of nitrogens with zero attached hydrogens (tertiary/aromatic N) is 2. The third-order valence-electron chi connectivity index (χ3n) is 7.19. The number of hydrogen-bond acceptors (Lipinski definition) is 8. The van der Waals surface area contributed by atoms with Gasteiger partial charge in [-0.1, -0.05) is 49.4 Å². The number of carbonyl (C=O) groups excluding carboxylic acids is 2. The van der Waals surface area contributed by atoms with Crippen molar-refractivity contribution in [2.75, 3.05) is 23.7 Å². The van der Waals surface area contributed by atoms with E-state index in [1.54, 1.807) is 18.0 Å². The molecule has 0 bridgehead atoms. The van der Waals surface area contributed by atoms with E-state index in [4.69, 9.17) is 10.7 Å². The maximum atomic E-state index is 13.8. The van der Waals surface area contributed by atoms with Crippen molar-refractivity contribution < 1.29 is 14.7 Å². The predicted molar refractivity (Wildman–Crippen MR) is 165 cm³/mol. The van der Waals surface area contributed by atoms with Gasteiger partial charge >= 0.3 is 0 Å². The van der Waals surface area contributed by atoms with Crippen molar-refractivity contribution >= 4 is 34.0 Å². The van der Waals surface area contributed by atoms with Crippen LogP contribution in [0.15, 0.2) is 66.2 Å². The molecule has 0 fully saturated rings. The Morgan fingerprint density at radius 3 is 2.59 bits per heavy atom. The summed E-state index contributed by atoms with van der Waals surface area (Å²) in [5.41, 5.74) is 10.2. The van der Waals surface area contributed by atoms with Crippen molar-refractivity contribution in [3.8, 4) is 0 Å². The summed E-state index contributed by atoms with van der Waals surface area (Å²) >= 11 is 1.50. The maximum absolute atomic E-state index is 13.8. The van der Waals surface area contributed by atoms with Crippen LogP contribution in [0.5, 0.6) is 0 Å². The molecule has 4 atom stereocenters. The molecular weight excluding hydrogens is 536 g/mol. The van der Waals surface area contributed by atoms with Gasteiger partial charge in [-0.15, -0.1) is 11.3 Å². The third-order valence-corrected chi connectivity index (χ3v) is 7.98. The Labute approximate surface area is 245 Å². The Kier molecular flexibility index (Phi) is 10.1. The predicted octanol–water partition coefficient (Wildman–Crippen LogP) is 4.20. The smallest absolute Gasteiger partial charge is 0.250 e. The van der Waals surface area contributed by atoms with Gasteiger partial charge in [-0.25, -0.2) is 4.98 Å². The SMILES string of the molecule is CC(C)Nc1nc(C2c3ccccc3CCN2C(=O)[C@H](C)[C@@H](O)C(=O)N[C@H](C)c2ccc(N/C=C\CN)cc2)cs1. The zero-order valence-electron chi connectivity index (χ0n) is 24.0. The van der Waals surface area contributed by atoms with E-state index in [1.165, 1.54) is 16.9 Å². The zero-order valence-corrected chi connectivity index (χ0v) is 24.8. The molecule has 10 heteroatoms. The zero-order chi connectivity index (χ0) is 29.5. The van der Waals surface area contributed by atoms with Gasteiger partial charge in [0.15, 0.2) is 5.13 Å². The van der Waals surface area contributed by atoms with E-state index in [-0.39, 0.29) is 18.0 Å². The van der Waals surface area contributed by atoms with Gasteiger partial charge in [0.25, 0.3) is 0 Å². The molecule has 0 radical (unpaired) electrons. The number of fused-ring (bicyclic) bond motifs is 1. The lowest BCUT2D eigenvalue weighted by Gasteiger charge is -2.38. The summed E-state index contributed by atoms with van der Waals surface area (Å²) in [4.78, 5) is 33.5. The van der Waals surface area contributed by atoms with Gasteiger partial charge in [-0.2, -0.15) is 0 Å². The van der Waals surface area contributed by atoms with Gasteiger partial charge < -0.3 is 31.7 Å². The molecule has 2 heterocycles. The topological polar surface area (TPSA) is 133 Å². The standard InChI is InChI=1S/C31H40N6O3S/c1-19(2)34-31-36-26(18-41-31)27-25-9-6-5-8-23(25)14-17-37(27)30(40)20(3)28(38)29(39)35-21(4)22-10-12-24(13-11-22)33-16-7-15-32/h5-13,16,18-21,27-28,33,38H,14-15,17,32H2,1-4H3,(H,34,36)(H,35,39)/b16-7-/t20-,21-,27?,28-/m1/s1. The molecule has 0 saturated heterocycles. The summed E-state index contributed by atoms with van der Waals surface area (Å²) in [5.74, 6) is -1.81. The Morgan fingerprint density at radius 1 is 1.15 bits per heavy atom. The van der Waals surface area contributed by atoms with Crippen molar-refractivity contribution in [1.29, 1.82) is 0 Å². The second kappa shape index (κ2) is 13.8. The van der Waals surface area contributed by atoms with Gasteiger partial charge in [-0.3, -0.25) is 9.59 Å². The highest BCUT2D eigenvalue weighted by atomic mass is 32.1. The summed E-state index contributed by atoms with van der Waals surface area (Å²) in [5, 5.41) is 23.1. The monoisotopic (exact) mass is 576 g/mol. The lowest BCUT2D eigenvalue weighted by Crippen LogP contribution is -2.49. The highest BCUT2D eigenvalue weighted by molar-refractivity contribution is 7.13. The van der Waals surface area contributed by atoms with E-state index >= 15 is 0 Å². The van der Waals surface area contributed by atoms with Crippen LogP contribution in [0.2, 0.25) is 0 Å². The van der Waals surface area contributed by atoms with E-state index in [1.807, 2.05) is 60.8 Å². The van der Waals surface area contributed by atoms with Crippen molar-refractivity contribution in [2.24, 2.45) is 11.7 Å². The summed E-state index contributed by atoms with van der Waals surface area (Å²) in [6, 6.07) is 15.1. The number of carbonyl (C=O) groups is 2. The number of nitrogens with two attached hydrogens (primary N) is 1. The van der Waals surface area contributed by atoms with Crippen LogP contribution in [0.4, 0.5) is 10.8 Å². The van der Waals surface area contributed by atoms with Gasteiger partial charge in [0.05, 0.1) is 17.7 Å². The minimum atomic E-state index is -1.50. The molecule has 1 unspecified atom stereocenters. The molecule has 41 heavy (non-hydrogen) atoms. The summed E-state index contributed by atoms with van der Waals surface area (Å²) < 4.78 is 0. The van der Waals surface area contributed by atoms with Gasteiger partial charge in [-0.05, 0) is 62.2 Å². The number of nitrogens with one attached hydrogen (secondary N) is 3. The Bertz CT molecular complexity index is 1360. The van der Waals surface area contributed by atoms with Crippen molar-refractivity contribution in [3.63, 3.8) is 0 Å². The molecule has 0 spiro atoms. The van der Waals surface area contributed by atoms with Crippen LogP contribution in [0.25, 0.3) is 0 Å². The summed E-state index contributed by atoms with van der Waals surface area (Å²) in [7, 11) is 0. The average Bonchev–Trinajstić information content (AvgIpc) is 3.43. The minimum absolute atomic E-state index is 0.231. The number of benzene rings is 2. The summed E-state index contributed by atoms with van der Waals surface area (Å²) in [6.07, 6.45) is 2.78. The molecule has 4 rings (SSSR count). The Hall–Kier alpha value is -3.73. The molecule has 1 aromatic heterocycles. The van der Waals surface area contributed by atoms with Crippen LogP contribution < -0.4 is 21.7 Å². The molecule has 218 valence electrons. The fourth-order valence-corrected chi connectivity index (χ4v) is 5.82. The second-order valence-electron chi connectivity index (χ2n) is 10.6. The maximum Gasteiger partial charge on any atom is 0.250 e. The van der Waals surface area contributed by atoms with Gasteiger partial charge in [0.2, 0.25) is 11.8 Å². The number of amides is 2. The lowest BCUT2D eigenvalue weighted by molar-refractivity contribution is -0.147. The normalized spacial score (nSPS) is 17.1. The average molecular weight is 577 g/mol. The molecule has 2 amide bonds. The Balaban J connectivity index is 1.47. The summed E-state index contributed by atoms with van der Waals surface area (Å²) in [6.45, 7) is 8.48. The first-order chi connectivity index (χ1) is 19.7. The van der Waals surface area contributed by atoms with Crippen molar-refractivity contribution in [1.82, 2.24) is 15.2 Å². The number of aliphatic hydroxyl groups excluding tert-OH is 1. The first-order valence-electron chi connectivity index (χ1n) is 14.0. The number of hydrogen-bond donors (Lipinski definition) is 5. The van der Waals surface area contributed by atoms with E-state index in [9.17, 15) is 14.7 Å². The number of aliphatic hydroxyl groups is 1. The highest BCUT2D eigenvalue weighted by Crippen LogP contribution is 2.37. The first kappa shape index (κ1) is 30.2.